The van der Waals surface area contributed by atoms with Crippen LogP contribution in [0.15, 0.2) is 29.3 Å². The van der Waals surface area contributed by atoms with Gasteiger partial charge in [0.25, 0.3) is 9.84 Å². The van der Waals surface area contributed by atoms with Crippen molar-refractivity contribution in [3.63, 3.8) is 0 Å². The van der Waals surface area contributed by atoms with Gasteiger partial charge in [-0.3, -0.25) is 0 Å². The lowest BCUT2D eigenvalue weighted by Gasteiger charge is -2.18. The number of hydrogen-bond donors (Lipinski definition) is 1. The van der Waals surface area contributed by atoms with E-state index in [1.54, 1.807) is 6.20 Å². The van der Waals surface area contributed by atoms with Gasteiger partial charge in [-0.1, -0.05) is 0 Å². The summed E-state index contributed by atoms with van der Waals surface area (Å²) >= 11 is 0. The molecule has 2 heterocycles. The summed E-state index contributed by atoms with van der Waals surface area (Å²) in [6.45, 7) is 1.00. The Kier molecular flexibility index (Phi) is 3.92. The molecule has 1 fully saturated rings. The van der Waals surface area contributed by atoms with Crippen molar-refractivity contribution in [2.75, 3.05) is 13.6 Å². The highest BCUT2D eigenvalue weighted by atomic mass is 32.2. The predicted molar refractivity (Wildman–Crippen MR) is 80.9 cm³/mol. The van der Waals surface area contributed by atoms with Gasteiger partial charge in [-0.25, -0.2) is 8.42 Å². The van der Waals surface area contributed by atoms with Crippen molar-refractivity contribution in [1.82, 2.24) is 9.88 Å². The zero-order valence-corrected chi connectivity index (χ0v) is 13.3. The van der Waals surface area contributed by atoms with Crippen molar-refractivity contribution in [2.24, 2.45) is 0 Å². The van der Waals surface area contributed by atoms with E-state index < -0.39 is 20.2 Å². The van der Waals surface area contributed by atoms with Crippen LogP contribution in [0.4, 0.5) is 13.2 Å². The number of aromatic amines is 1. The van der Waals surface area contributed by atoms with E-state index in [0.717, 1.165) is 37.1 Å². The fourth-order valence-electron chi connectivity index (χ4n) is 3.12. The number of halogens is 3. The van der Waals surface area contributed by atoms with Gasteiger partial charge in [0.1, 0.15) is 0 Å². The number of nitrogens with one attached hydrogen (secondary N) is 1. The molecule has 1 saturated heterocycles. The van der Waals surface area contributed by atoms with Gasteiger partial charge in [0.2, 0.25) is 0 Å². The number of likely N-dealkylation sites (tertiary alicyclic amines) is 1. The van der Waals surface area contributed by atoms with E-state index in [1.165, 1.54) is 6.07 Å². The lowest BCUT2D eigenvalue weighted by molar-refractivity contribution is -0.0435. The molecule has 1 atom stereocenters. The van der Waals surface area contributed by atoms with Crippen LogP contribution in [0, 0.1) is 0 Å². The van der Waals surface area contributed by atoms with E-state index in [2.05, 4.69) is 9.88 Å². The van der Waals surface area contributed by atoms with Gasteiger partial charge in [0, 0.05) is 23.1 Å². The van der Waals surface area contributed by atoms with Gasteiger partial charge in [-0.05, 0) is 56.6 Å². The SMILES string of the molecule is CN1CCC[C@@H]1Cc1c[nH]c2ccc(S(=O)(=O)C(F)(F)F)cc12. The minimum absolute atomic E-state index is 0.330. The van der Waals surface area contributed by atoms with Crippen LogP contribution in [0.1, 0.15) is 18.4 Å². The number of aromatic nitrogens is 1. The second kappa shape index (κ2) is 5.52. The summed E-state index contributed by atoms with van der Waals surface area (Å²) in [6, 6.07) is 3.83. The summed E-state index contributed by atoms with van der Waals surface area (Å²) in [5.41, 5.74) is -3.80. The maximum absolute atomic E-state index is 12.7. The van der Waals surface area contributed by atoms with Crippen molar-refractivity contribution < 1.29 is 21.6 Å². The van der Waals surface area contributed by atoms with Crippen LogP contribution < -0.4 is 0 Å². The molecule has 8 heteroatoms. The van der Waals surface area contributed by atoms with Crippen LogP contribution in [0.3, 0.4) is 0 Å². The largest absolute Gasteiger partial charge is 0.501 e. The number of H-pyrrole nitrogens is 1. The Morgan fingerprint density at radius 1 is 1.35 bits per heavy atom. The maximum atomic E-state index is 12.7. The van der Waals surface area contributed by atoms with Gasteiger partial charge >= 0.3 is 5.51 Å². The van der Waals surface area contributed by atoms with Crippen molar-refractivity contribution in [2.45, 2.75) is 35.7 Å². The molecular formula is C15H17F3N2O2S. The summed E-state index contributed by atoms with van der Waals surface area (Å²) in [7, 11) is -3.30. The Morgan fingerprint density at radius 2 is 2.09 bits per heavy atom. The first-order chi connectivity index (χ1) is 10.7. The van der Waals surface area contributed by atoms with E-state index in [0.29, 0.717) is 23.4 Å². The minimum atomic E-state index is -5.32. The highest BCUT2D eigenvalue weighted by molar-refractivity contribution is 7.92. The summed E-state index contributed by atoms with van der Waals surface area (Å²) in [5, 5.41) is 0.538. The zero-order chi connectivity index (χ0) is 16.8. The molecule has 3 rings (SSSR count). The number of alkyl halides is 3. The third kappa shape index (κ3) is 2.85. The molecular weight excluding hydrogens is 329 g/mol. The van der Waals surface area contributed by atoms with E-state index in [4.69, 9.17) is 0 Å². The molecule has 1 N–H and O–H groups in total. The monoisotopic (exact) mass is 346 g/mol. The fraction of sp³-hybridized carbons (Fsp3) is 0.467. The van der Waals surface area contributed by atoms with Gasteiger partial charge < -0.3 is 9.88 Å². The Balaban J connectivity index is 2.01. The molecule has 126 valence electrons. The number of hydrogen-bond acceptors (Lipinski definition) is 3. The molecule has 2 aromatic rings. The Hall–Kier alpha value is -1.54. The van der Waals surface area contributed by atoms with Crippen molar-refractivity contribution in [1.29, 1.82) is 0 Å². The molecule has 0 bridgehead atoms. The fourth-order valence-corrected chi connectivity index (χ4v) is 3.91. The second-order valence-corrected chi connectivity index (χ2v) is 7.89. The Labute approximate surface area is 132 Å². The average Bonchev–Trinajstić information content (AvgIpc) is 3.05. The first-order valence-electron chi connectivity index (χ1n) is 7.32. The van der Waals surface area contributed by atoms with E-state index >= 15 is 0 Å². The summed E-state index contributed by atoms with van der Waals surface area (Å²) in [4.78, 5) is 4.51. The number of rotatable bonds is 3. The number of likely N-dealkylation sites (N-methyl/N-ethyl adjacent to an activating group) is 1. The minimum Gasteiger partial charge on any atom is -0.361 e. The molecule has 23 heavy (non-hydrogen) atoms. The van der Waals surface area contributed by atoms with Crippen molar-refractivity contribution >= 4 is 20.7 Å². The molecule has 0 spiro atoms. The maximum Gasteiger partial charge on any atom is 0.501 e. The summed E-state index contributed by atoms with van der Waals surface area (Å²) in [5.74, 6) is 0. The topological polar surface area (TPSA) is 53.2 Å². The van der Waals surface area contributed by atoms with Gasteiger partial charge in [0.05, 0.1) is 4.90 Å². The molecule has 1 aliphatic heterocycles. The first kappa shape index (κ1) is 16.3. The molecule has 0 saturated carbocycles. The van der Waals surface area contributed by atoms with Gasteiger partial charge in [-0.15, -0.1) is 0 Å². The first-order valence-corrected chi connectivity index (χ1v) is 8.80. The van der Waals surface area contributed by atoms with E-state index in [1.807, 2.05) is 7.05 Å². The van der Waals surface area contributed by atoms with Gasteiger partial charge in [0.15, 0.2) is 0 Å². The number of nitrogens with zero attached hydrogens (tertiary/aromatic N) is 1. The molecule has 1 aromatic heterocycles. The highest BCUT2D eigenvalue weighted by Gasteiger charge is 2.46. The molecule has 0 radical (unpaired) electrons. The second-order valence-electron chi connectivity index (χ2n) is 5.95. The average molecular weight is 346 g/mol. The standard InChI is InChI=1S/C15H17F3N2O2S/c1-20-6-2-3-11(20)7-10-9-19-14-5-4-12(8-13(10)14)23(21,22)15(16,17)18/h4-5,8-9,11,19H,2-3,6-7H2,1H3/t11-/m1/s1. The van der Waals surface area contributed by atoms with Crippen LogP contribution in [-0.4, -0.2) is 43.4 Å². The summed E-state index contributed by atoms with van der Waals surface area (Å²) < 4.78 is 61.3. The Morgan fingerprint density at radius 3 is 2.70 bits per heavy atom. The van der Waals surface area contributed by atoms with Crippen molar-refractivity contribution in [3.8, 4) is 0 Å². The van der Waals surface area contributed by atoms with E-state index in [9.17, 15) is 21.6 Å². The lowest BCUT2D eigenvalue weighted by atomic mass is 10.0. The van der Waals surface area contributed by atoms with Crippen LogP contribution >= 0.6 is 0 Å². The highest BCUT2D eigenvalue weighted by Crippen LogP contribution is 2.33. The predicted octanol–water partition coefficient (Wildman–Crippen LogP) is 3.10. The molecule has 0 aliphatic carbocycles. The molecule has 1 aliphatic rings. The quantitative estimate of drug-likeness (QED) is 0.929. The zero-order valence-electron chi connectivity index (χ0n) is 12.5. The number of benzene rings is 1. The smallest absolute Gasteiger partial charge is 0.361 e. The molecule has 0 amide bonds. The molecule has 4 nitrogen and oxygen atoms in total. The third-order valence-electron chi connectivity index (χ3n) is 4.48. The number of sulfone groups is 1. The molecule has 0 unspecified atom stereocenters. The lowest BCUT2D eigenvalue weighted by Crippen LogP contribution is -2.26. The van der Waals surface area contributed by atoms with Crippen LogP contribution in [0.2, 0.25) is 0 Å². The Bertz CT molecular complexity index is 827. The van der Waals surface area contributed by atoms with E-state index in [-0.39, 0.29) is 0 Å². The van der Waals surface area contributed by atoms with Crippen LogP contribution in [0.25, 0.3) is 10.9 Å². The normalized spacial score (nSPS) is 20.4. The summed E-state index contributed by atoms with van der Waals surface area (Å²) in [6.07, 6.45) is 4.56. The number of fused-ring (bicyclic) bond motifs is 1. The van der Waals surface area contributed by atoms with Gasteiger partial charge in [-0.2, -0.15) is 13.2 Å². The van der Waals surface area contributed by atoms with Crippen LogP contribution in [0.5, 0.6) is 0 Å². The van der Waals surface area contributed by atoms with Crippen molar-refractivity contribution in [3.05, 3.63) is 30.0 Å². The molecule has 1 aromatic carbocycles. The van der Waals surface area contributed by atoms with Crippen LogP contribution in [-0.2, 0) is 16.3 Å². The third-order valence-corrected chi connectivity index (χ3v) is 5.96.